The third kappa shape index (κ3) is 4.19. The molecule has 0 saturated carbocycles. The first-order valence-corrected chi connectivity index (χ1v) is 11.2. The molecule has 1 aliphatic rings. The summed E-state index contributed by atoms with van der Waals surface area (Å²) in [6.45, 7) is 3.59. The summed E-state index contributed by atoms with van der Waals surface area (Å²) < 4.78 is 6.96. The number of furan rings is 1. The molecule has 1 fully saturated rings. The topological polar surface area (TPSA) is 59.2 Å². The fraction of sp³-hybridized carbons (Fsp3) is 0.450. The smallest absolute Gasteiger partial charge is 0.289 e. The number of amides is 1. The number of hydrogen-bond acceptors (Lipinski definition) is 6. The van der Waals surface area contributed by atoms with E-state index >= 15 is 0 Å². The van der Waals surface area contributed by atoms with Gasteiger partial charge in [-0.25, -0.2) is 0 Å². The molecule has 5 nitrogen and oxygen atoms in total. The van der Waals surface area contributed by atoms with Crippen molar-refractivity contribution >= 4 is 40.0 Å². The molecule has 2 aromatic heterocycles. The molecule has 1 saturated heterocycles. The Morgan fingerprint density at radius 3 is 2.63 bits per heavy atom. The Balaban J connectivity index is 1.63. The molecule has 142 valence electrons. The number of likely N-dealkylation sites (tertiary alicyclic amines) is 1. The number of rotatable bonds is 4. The molecule has 0 bridgehead atoms. The quantitative estimate of drug-likeness (QED) is 0.556. The fourth-order valence-electron chi connectivity index (χ4n) is 3.48. The van der Waals surface area contributed by atoms with E-state index in [-0.39, 0.29) is 5.91 Å². The van der Waals surface area contributed by atoms with E-state index in [2.05, 4.69) is 10.2 Å². The Kier molecular flexibility index (Phi) is 5.78. The van der Waals surface area contributed by atoms with E-state index in [1.807, 2.05) is 36.1 Å². The zero-order valence-corrected chi connectivity index (χ0v) is 17.1. The van der Waals surface area contributed by atoms with Crippen LogP contribution in [0.1, 0.15) is 53.2 Å². The lowest BCUT2D eigenvalue weighted by atomic mass is 10.1. The van der Waals surface area contributed by atoms with Crippen molar-refractivity contribution in [3.63, 3.8) is 0 Å². The van der Waals surface area contributed by atoms with Gasteiger partial charge in [-0.3, -0.25) is 4.79 Å². The second-order valence-electron chi connectivity index (χ2n) is 6.84. The standard InChI is InChI=1S/C20H23N3O2S2/c1-14-21-22-20(27-14)26-13-16-15-9-5-6-10-17(15)25-18(16)19(24)23-11-7-3-2-4-8-12-23/h5-6,9-10H,2-4,7-8,11-13H2,1H3. The summed E-state index contributed by atoms with van der Waals surface area (Å²) >= 11 is 3.19. The summed E-state index contributed by atoms with van der Waals surface area (Å²) in [4.78, 5) is 15.2. The minimum atomic E-state index is 0.0251. The molecule has 0 spiro atoms. The summed E-state index contributed by atoms with van der Waals surface area (Å²) in [6.07, 6.45) is 5.81. The van der Waals surface area contributed by atoms with Gasteiger partial charge in [0.05, 0.1) is 0 Å². The van der Waals surface area contributed by atoms with Crippen LogP contribution in [0.25, 0.3) is 11.0 Å². The predicted octanol–water partition coefficient (Wildman–Crippen LogP) is 5.29. The molecule has 0 radical (unpaired) electrons. The molecular weight excluding hydrogens is 378 g/mol. The molecule has 7 heteroatoms. The maximum atomic E-state index is 13.3. The average Bonchev–Trinajstić information content (AvgIpc) is 3.22. The van der Waals surface area contributed by atoms with Crippen molar-refractivity contribution in [2.45, 2.75) is 49.1 Å². The van der Waals surface area contributed by atoms with Crippen LogP contribution < -0.4 is 0 Å². The lowest BCUT2D eigenvalue weighted by molar-refractivity contribution is 0.0711. The maximum Gasteiger partial charge on any atom is 0.289 e. The fourth-order valence-corrected chi connectivity index (χ4v) is 5.32. The highest BCUT2D eigenvalue weighted by Crippen LogP contribution is 2.34. The average molecular weight is 402 g/mol. The first-order valence-electron chi connectivity index (χ1n) is 9.45. The highest BCUT2D eigenvalue weighted by atomic mass is 32.2. The summed E-state index contributed by atoms with van der Waals surface area (Å²) in [5.41, 5.74) is 1.74. The molecule has 0 N–H and O–H groups in total. The zero-order valence-electron chi connectivity index (χ0n) is 15.4. The molecule has 27 heavy (non-hydrogen) atoms. The van der Waals surface area contributed by atoms with Crippen LogP contribution in [-0.4, -0.2) is 34.1 Å². The Morgan fingerprint density at radius 2 is 1.89 bits per heavy atom. The van der Waals surface area contributed by atoms with Crippen LogP contribution in [0.4, 0.5) is 0 Å². The molecule has 3 aromatic rings. The van der Waals surface area contributed by atoms with E-state index in [9.17, 15) is 4.79 Å². The van der Waals surface area contributed by atoms with Crippen molar-refractivity contribution in [1.82, 2.24) is 15.1 Å². The minimum Gasteiger partial charge on any atom is -0.451 e. The monoisotopic (exact) mass is 401 g/mol. The number of fused-ring (bicyclic) bond motifs is 1. The number of aryl methyl sites for hydroxylation is 1. The van der Waals surface area contributed by atoms with Crippen LogP contribution in [0, 0.1) is 6.92 Å². The summed E-state index contributed by atoms with van der Waals surface area (Å²) in [5.74, 6) is 1.17. The Morgan fingerprint density at radius 1 is 1.15 bits per heavy atom. The summed E-state index contributed by atoms with van der Waals surface area (Å²) in [6, 6.07) is 7.90. The number of hydrogen-bond donors (Lipinski definition) is 0. The number of nitrogens with zero attached hydrogens (tertiary/aromatic N) is 3. The molecule has 4 rings (SSSR count). The number of benzene rings is 1. The second-order valence-corrected chi connectivity index (χ2v) is 9.25. The van der Waals surface area contributed by atoms with E-state index in [1.54, 1.807) is 23.1 Å². The van der Waals surface area contributed by atoms with Gasteiger partial charge in [0.15, 0.2) is 10.1 Å². The molecule has 0 aliphatic carbocycles. The van der Waals surface area contributed by atoms with Crippen LogP contribution in [0.2, 0.25) is 0 Å². The molecule has 0 atom stereocenters. The largest absolute Gasteiger partial charge is 0.451 e. The highest BCUT2D eigenvalue weighted by Gasteiger charge is 2.25. The normalized spacial score (nSPS) is 15.7. The van der Waals surface area contributed by atoms with Gasteiger partial charge in [-0.2, -0.15) is 0 Å². The SMILES string of the molecule is Cc1nnc(SCc2c(C(=O)N3CCCCCCC3)oc3ccccc23)s1. The summed E-state index contributed by atoms with van der Waals surface area (Å²) in [7, 11) is 0. The number of carbonyl (C=O) groups is 1. The molecule has 0 unspecified atom stereocenters. The third-order valence-electron chi connectivity index (χ3n) is 4.88. The first kappa shape index (κ1) is 18.5. The van der Waals surface area contributed by atoms with Gasteiger partial charge in [-0.15, -0.1) is 10.2 Å². The van der Waals surface area contributed by atoms with Crippen LogP contribution >= 0.6 is 23.1 Å². The van der Waals surface area contributed by atoms with Gasteiger partial charge in [0, 0.05) is 29.8 Å². The zero-order chi connectivity index (χ0) is 18.6. The van der Waals surface area contributed by atoms with E-state index in [4.69, 9.17) is 4.42 Å². The second kappa shape index (κ2) is 8.44. The van der Waals surface area contributed by atoms with Gasteiger partial charge in [0.1, 0.15) is 10.6 Å². The van der Waals surface area contributed by atoms with Crippen LogP contribution in [-0.2, 0) is 5.75 Å². The van der Waals surface area contributed by atoms with Crippen LogP contribution in [0.5, 0.6) is 0 Å². The van der Waals surface area contributed by atoms with Gasteiger partial charge in [-0.05, 0) is 25.8 Å². The molecule has 1 aromatic carbocycles. The number of para-hydroxylation sites is 1. The Bertz CT molecular complexity index is 926. The highest BCUT2D eigenvalue weighted by molar-refractivity contribution is 8.00. The van der Waals surface area contributed by atoms with Crippen molar-refractivity contribution in [1.29, 1.82) is 0 Å². The van der Waals surface area contributed by atoms with E-state index < -0.39 is 0 Å². The lowest BCUT2D eigenvalue weighted by Gasteiger charge is -2.24. The van der Waals surface area contributed by atoms with Crippen molar-refractivity contribution in [3.8, 4) is 0 Å². The van der Waals surface area contributed by atoms with Crippen molar-refractivity contribution in [3.05, 3.63) is 40.6 Å². The van der Waals surface area contributed by atoms with E-state index in [0.717, 1.165) is 51.8 Å². The number of carbonyl (C=O) groups excluding carboxylic acids is 1. The molecule has 1 amide bonds. The Hall–Kier alpha value is -1.86. The number of thioether (sulfide) groups is 1. The van der Waals surface area contributed by atoms with E-state index in [0.29, 0.717) is 11.5 Å². The predicted molar refractivity (Wildman–Crippen MR) is 109 cm³/mol. The lowest BCUT2D eigenvalue weighted by Crippen LogP contribution is -2.34. The minimum absolute atomic E-state index is 0.0251. The van der Waals surface area contributed by atoms with Crippen LogP contribution in [0.3, 0.4) is 0 Å². The van der Waals surface area contributed by atoms with Crippen molar-refractivity contribution in [2.75, 3.05) is 13.1 Å². The van der Waals surface area contributed by atoms with Crippen molar-refractivity contribution in [2.24, 2.45) is 0 Å². The van der Waals surface area contributed by atoms with Gasteiger partial charge < -0.3 is 9.32 Å². The van der Waals surface area contributed by atoms with Crippen molar-refractivity contribution < 1.29 is 9.21 Å². The van der Waals surface area contributed by atoms with Gasteiger partial charge >= 0.3 is 0 Å². The van der Waals surface area contributed by atoms with E-state index in [1.165, 1.54) is 19.3 Å². The van der Waals surface area contributed by atoms with Crippen LogP contribution in [0.15, 0.2) is 33.0 Å². The Labute approximate surface area is 167 Å². The maximum absolute atomic E-state index is 13.3. The van der Waals surface area contributed by atoms with Gasteiger partial charge in [-0.1, -0.05) is 60.6 Å². The van der Waals surface area contributed by atoms with Gasteiger partial charge in [0.2, 0.25) is 0 Å². The number of aromatic nitrogens is 2. The molecule has 1 aliphatic heterocycles. The summed E-state index contributed by atoms with van der Waals surface area (Å²) in [5, 5.41) is 10.2. The third-order valence-corrected chi connectivity index (χ3v) is 6.88. The first-order chi connectivity index (χ1) is 13.2. The molecular formula is C20H23N3O2S2. The molecule has 3 heterocycles. The van der Waals surface area contributed by atoms with Gasteiger partial charge in [0.25, 0.3) is 5.91 Å².